The topological polar surface area (TPSA) is 63.4 Å². The Morgan fingerprint density at radius 1 is 1.56 bits per heavy atom. The molecule has 1 saturated carbocycles. The Morgan fingerprint density at radius 2 is 2.25 bits per heavy atom. The Bertz CT molecular complexity index is 463. The van der Waals surface area contributed by atoms with Gasteiger partial charge in [-0.3, -0.25) is 0 Å². The lowest BCUT2D eigenvalue weighted by Gasteiger charge is -2.19. The van der Waals surface area contributed by atoms with E-state index in [4.69, 9.17) is 5.73 Å². The van der Waals surface area contributed by atoms with Crippen LogP contribution < -0.4 is 5.73 Å². The Labute approximate surface area is 100 Å². The van der Waals surface area contributed by atoms with E-state index in [-0.39, 0.29) is 12.6 Å². The lowest BCUT2D eigenvalue weighted by Crippen LogP contribution is -2.33. The zero-order chi connectivity index (χ0) is 11.8. The average molecular weight is 260 g/mol. The van der Waals surface area contributed by atoms with Crippen molar-refractivity contribution in [3.05, 3.63) is 16.3 Å². The van der Waals surface area contributed by atoms with Crippen LogP contribution in [0, 0.1) is 0 Å². The maximum Gasteiger partial charge on any atom is 0.244 e. The van der Waals surface area contributed by atoms with Crippen LogP contribution in [0.15, 0.2) is 16.3 Å². The third-order valence-corrected chi connectivity index (χ3v) is 5.93. The maximum atomic E-state index is 12.4. The van der Waals surface area contributed by atoms with Gasteiger partial charge in [-0.25, -0.2) is 8.42 Å². The van der Waals surface area contributed by atoms with Crippen molar-refractivity contribution in [2.24, 2.45) is 5.73 Å². The van der Waals surface area contributed by atoms with Crippen molar-refractivity contribution >= 4 is 21.4 Å². The second-order valence-corrected chi connectivity index (χ2v) is 6.71. The van der Waals surface area contributed by atoms with Crippen LogP contribution in [0.5, 0.6) is 0 Å². The molecule has 6 heteroatoms. The third-order valence-electron chi connectivity index (χ3n) is 2.74. The first-order valence-corrected chi connectivity index (χ1v) is 7.71. The highest BCUT2D eigenvalue weighted by Crippen LogP contribution is 2.33. The molecule has 0 spiro atoms. The molecule has 0 bridgehead atoms. The van der Waals surface area contributed by atoms with Crippen LogP contribution in [0.2, 0.25) is 0 Å². The average Bonchev–Trinajstić information content (AvgIpc) is 2.95. The van der Waals surface area contributed by atoms with Gasteiger partial charge in [-0.1, -0.05) is 6.92 Å². The van der Waals surface area contributed by atoms with E-state index in [1.165, 1.54) is 11.3 Å². The molecular weight excluding hydrogens is 244 g/mol. The highest BCUT2D eigenvalue weighted by atomic mass is 32.2. The van der Waals surface area contributed by atoms with Gasteiger partial charge in [0.1, 0.15) is 0 Å². The van der Waals surface area contributed by atoms with Crippen molar-refractivity contribution in [3.8, 4) is 0 Å². The number of nitrogens with two attached hydrogens (primary N) is 1. The molecule has 2 N–H and O–H groups in total. The Kier molecular flexibility index (Phi) is 3.34. The molecule has 0 saturated heterocycles. The van der Waals surface area contributed by atoms with Crippen LogP contribution in [-0.4, -0.2) is 25.3 Å². The largest absolute Gasteiger partial charge is 0.326 e. The fraction of sp³-hybridized carbons (Fsp3) is 0.600. The van der Waals surface area contributed by atoms with Crippen molar-refractivity contribution in [3.63, 3.8) is 0 Å². The van der Waals surface area contributed by atoms with Crippen LogP contribution in [0.3, 0.4) is 0 Å². The number of hydrogen-bond acceptors (Lipinski definition) is 4. The molecule has 0 aromatic carbocycles. The van der Waals surface area contributed by atoms with Gasteiger partial charge in [0.25, 0.3) is 0 Å². The van der Waals surface area contributed by atoms with Gasteiger partial charge in [0.2, 0.25) is 10.0 Å². The molecule has 0 unspecified atom stereocenters. The summed E-state index contributed by atoms with van der Waals surface area (Å²) in [5.41, 5.74) is 5.55. The highest BCUT2D eigenvalue weighted by Gasteiger charge is 2.37. The second kappa shape index (κ2) is 4.44. The van der Waals surface area contributed by atoms with Crippen molar-refractivity contribution < 1.29 is 8.42 Å². The fourth-order valence-corrected chi connectivity index (χ4v) is 4.82. The minimum absolute atomic E-state index is 0.209. The van der Waals surface area contributed by atoms with Crippen molar-refractivity contribution in [2.45, 2.75) is 37.2 Å². The molecule has 0 amide bonds. The van der Waals surface area contributed by atoms with Crippen LogP contribution in [0.1, 0.15) is 24.6 Å². The fourth-order valence-electron chi connectivity index (χ4n) is 1.82. The zero-order valence-electron chi connectivity index (χ0n) is 9.22. The Hall–Kier alpha value is -0.430. The third kappa shape index (κ3) is 2.02. The van der Waals surface area contributed by atoms with Gasteiger partial charge in [-0.2, -0.15) is 4.31 Å². The number of thiophene rings is 1. The molecule has 16 heavy (non-hydrogen) atoms. The number of nitrogens with zero attached hydrogens (tertiary/aromatic N) is 1. The minimum atomic E-state index is -3.32. The van der Waals surface area contributed by atoms with Gasteiger partial charge in [0, 0.05) is 24.0 Å². The summed E-state index contributed by atoms with van der Waals surface area (Å²) < 4.78 is 26.3. The van der Waals surface area contributed by atoms with E-state index < -0.39 is 10.0 Å². The summed E-state index contributed by atoms with van der Waals surface area (Å²) in [6.45, 7) is 2.70. The first kappa shape index (κ1) is 12.0. The first-order valence-electron chi connectivity index (χ1n) is 5.39. The molecule has 1 aliphatic rings. The predicted molar refractivity (Wildman–Crippen MR) is 64.8 cm³/mol. The number of hydrogen-bond donors (Lipinski definition) is 1. The highest BCUT2D eigenvalue weighted by molar-refractivity contribution is 7.89. The van der Waals surface area contributed by atoms with Crippen LogP contribution >= 0.6 is 11.3 Å². The van der Waals surface area contributed by atoms with Crippen molar-refractivity contribution in [1.29, 1.82) is 0 Å². The summed E-state index contributed by atoms with van der Waals surface area (Å²) >= 11 is 1.41. The monoisotopic (exact) mass is 260 g/mol. The molecule has 0 radical (unpaired) electrons. The van der Waals surface area contributed by atoms with Gasteiger partial charge in [0.15, 0.2) is 0 Å². The SMILES string of the molecule is CCN(C1CC1)S(=O)(=O)c1ccsc1CN. The smallest absolute Gasteiger partial charge is 0.244 e. The van der Waals surface area contributed by atoms with Crippen LogP contribution in [-0.2, 0) is 16.6 Å². The summed E-state index contributed by atoms with van der Waals surface area (Å²) in [4.78, 5) is 1.15. The predicted octanol–water partition coefficient (Wildman–Crippen LogP) is 1.38. The normalized spacial score (nSPS) is 16.9. The number of rotatable bonds is 5. The summed E-state index contributed by atoms with van der Waals surface area (Å²) in [6.07, 6.45) is 1.96. The lowest BCUT2D eigenvalue weighted by atomic mass is 10.5. The summed E-state index contributed by atoms with van der Waals surface area (Å²) in [5, 5.41) is 1.79. The molecule has 2 rings (SSSR count). The van der Waals surface area contributed by atoms with Gasteiger partial charge in [-0.05, 0) is 24.3 Å². The first-order chi connectivity index (χ1) is 7.61. The molecule has 1 heterocycles. The van der Waals surface area contributed by atoms with E-state index in [2.05, 4.69) is 0 Å². The molecule has 1 fully saturated rings. The molecule has 1 aromatic rings. The molecule has 1 aromatic heterocycles. The van der Waals surface area contributed by atoms with Gasteiger partial charge < -0.3 is 5.73 Å². The zero-order valence-corrected chi connectivity index (χ0v) is 10.9. The molecule has 0 atom stereocenters. The molecule has 0 aliphatic heterocycles. The van der Waals surface area contributed by atoms with E-state index in [1.54, 1.807) is 15.8 Å². The standard InChI is InChI=1S/C10H16N2O2S2/c1-2-12(8-3-4-8)16(13,14)10-5-6-15-9(10)7-11/h5-6,8H,2-4,7,11H2,1H3. The molecular formula is C10H16N2O2S2. The van der Waals surface area contributed by atoms with E-state index in [9.17, 15) is 8.42 Å². The Balaban J connectivity index is 2.37. The van der Waals surface area contributed by atoms with Crippen molar-refractivity contribution in [2.75, 3.05) is 6.54 Å². The van der Waals surface area contributed by atoms with Gasteiger partial charge in [0.05, 0.1) is 4.90 Å². The van der Waals surface area contributed by atoms with Crippen LogP contribution in [0.4, 0.5) is 0 Å². The summed E-state index contributed by atoms with van der Waals surface area (Å²) in [5.74, 6) is 0. The van der Waals surface area contributed by atoms with Crippen molar-refractivity contribution in [1.82, 2.24) is 4.31 Å². The molecule has 90 valence electrons. The minimum Gasteiger partial charge on any atom is -0.326 e. The quantitative estimate of drug-likeness (QED) is 0.870. The number of sulfonamides is 1. The summed E-state index contributed by atoms with van der Waals surface area (Å²) in [6, 6.07) is 1.87. The summed E-state index contributed by atoms with van der Waals surface area (Å²) in [7, 11) is -3.32. The van der Waals surface area contributed by atoms with E-state index in [0.717, 1.165) is 17.7 Å². The van der Waals surface area contributed by atoms with Gasteiger partial charge >= 0.3 is 0 Å². The van der Waals surface area contributed by atoms with Crippen LogP contribution in [0.25, 0.3) is 0 Å². The lowest BCUT2D eigenvalue weighted by molar-refractivity contribution is 0.420. The van der Waals surface area contributed by atoms with Gasteiger partial charge in [-0.15, -0.1) is 11.3 Å². The molecule has 4 nitrogen and oxygen atoms in total. The second-order valence-electron chi connectivity index (χ2n) is 3.85. The van der Waals surface area contributed by atoms with E-state index in [0.29, 0.717) is 11.4 Å². The maximum absolute atomic E-state index is 12.4. The molecule has 1 aliphatic carbocycles. The van der Waals surface area contributed by atoms with E-state index in [1.807, 2.05) is 6.92 Å². The Morgan fingerprint density at radius 3 is 2.75 bits per heavy atom. The van der Waals surface area contributed by atoms with E-state index >= 15 is 0 Å².